The molecular formula is C24H30O2. The third-order valence-corrected chi connectivity index (χ3v) is 4.32. The number of hydrogen-bond acceptors (Lipinski definition) is 2. The molecule has 0 radical (unpaired) electrons. The van der Waals surface area contributed by atoms with Gasteiger partial charge in [0.25, 0.3) is 0 Å². The molecule has 0 aliphatic heterocycles. The number of ether oxygens (including phenoxy) is 1. The largest absolute Gasteiger partial charge is 0.488 e. The average Bonchev–Trinajstić information content (AvgIpc) is 2.98. The Morgan fingerprint density at radius 2 is 1.92 bits per heavy atom. The van der Waals surface area contributed by atoms with Gasteiger partial charge >= 0.3 is 0 Å². The first kappa shape index (κ1) is 19.9. The van der Waals surface area contributed by atoms with Crippen molar-refractivity contribution in [3.63, 3.8) is 0 Å². The van der Waals surface area contributed by atoms with Crippen LogP contribution in [0.5, 0.6) is 5.75 Å². The molecule has 2 nitrogen and oxygen atoms in total. The summed E-state index contributed by atoms with van der Waals surface area (Å²) in [6, 6.07) is 4.09. The maximum Gasteiger partial charge on any atom is 0.136 e. The van der Waals surface area contributed by atoms with Crippen LogP contribution in [-0.2, 0) is 12.8 Å². The third kappa shape index (κ3) is 5.05. The lowest BCUT2D eigenvalue weighted by Crippen LogP contribution is -1.96. The maximum atomic E-state index is 6.19. The molecule has 0 saturated carbocycles. The summed E-state index contributed by atoms with van der Waals surface area (Å²) in [4.78, 5) is 0. The molecule has 0 fully saturated rings. The van der Waals surface area contributed by atoms with Crippen molar-refractivity contribution in [2.24, 2.45) is 0 Å². The van der Waals surface area contributed by atoms with Crippen LogP contribution in [0.2, 0.25) is 0 Å². The molecule has 1 heterocycles. The van der Waals surface area contributed by atoms with Crippen molar-refractivity contribution in [1.82, 2.24) is 0 Å². The van der Waals surface area contributed by atoms with E-state index in [4.69, 9.17) is 9.15 Å². The summed E-state index contributed by atoms with van der Waals surface area (Å²) < 4.78 is 12.1. The average molecular weight is 351 g/mol. The zero-order valence-corrected chi connectivity index (χ0v) is 16.2. The van der Waals surface area contributed by atoms with Crippen molar-refractivity contribution in [2.45, 2.75) is 58.8 Å². The van der Waals surface area contributed by atoms with Crippen molar-refractivity contribution in [2.75, 3.05) is 6.61 Å². The first-order valence-electron chi connectivity index (χ1n) is 9.66. The van der Waals surface area contributed by atoms with Crippen molar-refractivity contribution in [3.8, 4) is 17.6 Å². The van der Waals surface area contributed by atoms with E-state index in [0.29, 0.717) is 6.61 Å². The van der Waals surface area contributed by atoms with Gasteiger partial charge in [-0.05, 0) is 25.3 Å². The Balaban J connectivity index is 2.50. The topological polar surface area (TPSA) is 22.4 Å². The number of hydrogen-bond donors (Lipinski definition) is 0. The van der Waals surface area contributed by atoms with Crippen LogP contribution >= 0.6 is 0 Å². The van der Waals surface area contributed by atoms with E-state index in [-0.39, 0.29) is 0 Å². The number of aryl methyl sites for hydroxylation is 1. The van der Waals surface area contributed by atoms with Gasteiger partial charge in [0.2, 0.25) is 0 Å². The minimum absolute atomic E-state index is 0.465. The Hall–Kier alpha value is -2.40. The predicted octanol–water partition coefficient (Wildman–Crippen LogP) is 6.61. The summed E-state index contributed by atoms with van der Waals surface area (Å²) >= 11 is 0. The molecule has 0 bridgehead atoms. The summed E-state index contributed by atoms with van der Waals surface area (Å²) in [5.41, 5.74) is 2.99. The van der Waals surface area contributed by atoms with E-state index in [9.17, 15) is 0 Å². The summed E-state index contributed by atoms with van der Waals surface area (Å²) in [7, 11) is 0. The van der Waals surface area contributed by atoms with Gasteiger partial charge < -0.3 is 9.15 Å². The second kappa shape index (κ2) is 10.6. The standard InChI is InChI=1S/C24H30O2/c1-5-9-11-12-14-19-17-24-21(18-23(19)25-16-8-4)20(13-7-3)22(26-24)15-10-6-2/h7-8,17-18H,3-6,9-11,13,15-16H2,1-2H3. The lowest BCUT2D eigenvalue weighted by atomic mass is 10.0. The van der Waals surface area contributed by atoms with Crippen LogP contribution in [0.1, 0.15) is 62.8 Å². The van der Waals surface area contributed by atoms with Gasteiger partial charge in [-0.25, -0.2) is 0 Å². The maximum absolute atomic E-state index is 6.19. The molecule has 0 saturated heterocycles. The molecule has 1 aromatic carbocycles. The lowest BCUT2D eigenvalue weighted by molar-refractivity contribution is 0.362. The zero-order valence-electron chi connectivity index (χ0n) is 16.2. The van der Waals surface area contributed by atoms with Crippen molar-refractivity contribution in [3.05, 3.63) is 54.3 Å². The van der Waals surface area contributed by atoms with Gasteiger partial charge in [-0.3, -0.25) is 0 Å². The third-order valence-electron chi connectivity index (χ3n) is 4.32. The Labute approximate surface area is 157 Å². The van der Waals surface area contributed by atoms with E-state index in [1.165, 1.54) is 5.56 Å². The number of rotatable bonds is 10. The van der Waals surface area contributed by atoms with Gasteiger partial charge in [-0.15, -0.1) is 6.58 Å². The summed E-state index contributed by atoms with van der Waals surface area (Å²) in [5, 5.41) is 1.11. The highest BCUT2D eigenvalue weighted by atomic mass is 16.5. The highest BCUT2D eigenvalue weighted by molar-refractivity contribution is 5.86. The fourth-order valence-electron chi connectivity index (χ4n) is 2.92. The normalized spacial score (nSPS) is 10.4. The predicted molar refractivity (Wildman–Crippen MR) is 111 cm³/mol. The van der Waals surface area contributed by atoms with Gasteiger partial charge in [0, 0.05) is 29.9 Å². The van der Waals surface area contributed by atoms with Crippen molar-refractivity contribution < 1.29 is 9.15 Å². The molecule has 2 aromatic rings. The molecule has 2 rings (SSSR count). The first-order chi connectivity index (χ1) is 12.7. The Morgan fingerprint density at radius 3 is 2.62 bits per heavy atom. The minimum atomic E-state index is 0.465. The van der Waals surface area contributed by atoms with Gasteiger partial charge in [-0.1, -0.05) is 57.3 Å². The van der Waals surface area contributed by atoms with Crippen molar-refractivity contribution >= 4 is 11.0 Å². The Morgan fingerprint density at radius 1 is 1.12 bits per heavy atom. The van der Waals surface area contributed by atoms with Gasteiger partial charge in [0.1, 0.15) is 23.7 Å². The number of unbranched alkanes of at least 4 members (excludes halogenated alkanes) is 3. The van der Waals surface area contributed by atoms with Crippen LogP contribution < -0.4 is 4.74 Å². The van der Waals surface area contributed by atoms with E-state index in [1.807, 2.05) is 12.1 Å². The van der Waals surface area contributed by atoms with Crippen LogP contribution in [0, 0.1) is 11.8 Å². The molecule has 0 aliphatic carbocycles. The summed E-state index contributed by atoms with van der Waals surface area (Å²) in [6.45, 7) is 12.5. The molecule has 2 heteroatoms. The van der Waals surface area contributed by atoms with Gasteiger partial charge in [0.05, 0.1) is 5.56 Å². The molecule has 0 atom stereocenters. The quantitative estimate of drug-likeness (QED) is 0.273. The van der Waals surface area contributed by atoms with Crippen molar-refractivity contribution in [1.29, 1.82) is 0 Å². The molecule has 26 heavy (non-hydrogen) atoms. The zero-order chi connectivity index (χ0) is 18.8. The second-order valence-electron chi connectivity index (χ2n) is 6.45. The highest BCUT2D eigenvalue weighted by Crippen LogP contribution is 2.33. The SMILES string of the molecule is C=CCOc1cc2c(CC=C)c(CCCC)oc2cc1C#CCCCC. The first-order valence-corrected chi connectivity index (χ1v) is 9.66. The highest BCUT2D eigenvalue weighted by Gasteiger charge is 2.16. The number of allylic oxidation sites excluding steroid dienone is 1. The number of benzene rings is 1. The molecule has 0 amide bonds. The fraction of sp³-hybridized carbons (Fsp3) is 0.417. The molecule has 0 spiro atoms. The summed E-state index contributed by atoms with van der Waals surface area (Å²) in [6.07, 6.45) is 10.9. The van der Waals surface area contributed by atoms with Gasteiger partial charge in [-0.2, -0.15) is 0 Å². The van der Waals surface area contributed by atoms with E-state index >= 15 is 0 Å². The van der Waals surface area contributed by atoms with E-state index in [0.717, 1.165) is 73.0 Å². The fourth-order valence-corrected chi connectivity index (χ4v) is 2.92. The van der Waals surface area contributed by atoms with Gasteiger partial charge in [0.15, 0.2) is 0 Å². The van der Waals surface area contributed by atoms with Crippen LogP contribution in [0.25, 0.3) is 11.0 Å². The molecule has 1 aromatic heterocycles. The van der Waals surface area contributed by atoms with Crippen LogP contribution in [-0.4, -0.2) is 6.61 Å². The van der Waals surface area contributed by atoms with Crippen LogP contribution in [0.4, 0.5) is 0 Å². The van der Waals surface area contributed by atoms with E-state index < -0.39 is 0 Å². The number of furan rings is 1. The monoisotopic (exact) mass is 350 g/mol. The van der Waals surface area contributed by atoms with Crippen LogP contribution in [0.3, 0.4) is 0 Å². The molecule has 138 valence electrons. The van der Waals surface area contributed by atoms with E-state index in [1.54, 1.807) is 6.08 Å². The molecule has 0 aliphatic rings. The molecular weight excluding hydrogens is 320 g/mol. The molecule has 0 N–H and O–H groups in total. The van der Waals surface area contributed by atoms with Crippen LogP contribution in [0.15, 0.2) is 41.9 Å². The number of fused-ring (bicyclic) bond motifs is 1. The smallest absolute Gasteiger partial charge is 0.136 e. The molecule has 0 unspecified atom stereocenters. The second-order valence-corrected chi connectivity index (χ2v) is 6.45. The Kier molecular flexibility index (Phi) is 8.09. The van der Waals surface area contributed by atoms with E-state index in [2.05, 4.69) is 44.9 Å². The minimum Gasteiger partial charge on any atom is -0.488 e. The summed E-state index contributed by atoms with van der Waals surface area (Å²) in [5.74, 6) is 8.38. The Bertz CT molecular complexity index is 799. The lowest BCUT2D eigenvalue weighted by Gasteiger charge is -2.07.